The molecule has 2 rings (SSSR count). The molecule has 1 N–H and O–H groups in total. The first kappa shape index (κ1) is 12.9. The molecule has 0 bridgehead atoms. The zero-order chi connectivity index (χ0) is 13.3. The standard InChI is InChI=1S/C11H11ClN2O3S/c1-7-11(8(2)17-13-7)14-18(15,16)10-5-3-9(12)4-6-10/h3-6,14H,1-2H3. The maximum atomic E-state index is 12.1. The van der Waals surface area contributed by atoms with Crippen LogP contribution in [0.4, 0.5) is 5.69 Å². The van der Waals surface area contributed by atoms with Crippen LogP contribution in [-0.2, 0) is 10.0 Å². The van der Waals surface area contributed by atoms with Crippen LogP contribution in [0.2, 0.25) is 5.02 Å². The Morgan fingerprint density at radius 1 is 1.22 bits per heavy atom. The van der Waals surface area contributed by atoms with E-state index in [0.717, 1.165) is 0 Å². The smallest absolute Gasteiger partial charge is 0.262 e. The molecule has 0 fully saturated rings. The van der Waals surface area contributed by atoms with Gasteiger partial charge < -0.3 is 4.52 Å². The molecule has 1 aromatic heterocycles. The number of anilines is 1. The van der Waals surface area contributed by atoms with Crippen LogP contribution in [0.3, 0.4) is 0 Å². The van der Waals surface area contributed by atoms with E-state index in [4.69, 9.17) is 16.1 Å². The van der Waals surface area contributed by atoms with E-state index >= 15 is 0 Å². The summed E-state index contributed by atoms with van der Waals surface area (Å²) in [4.78, 5) is 0.131. The summed E-state index contributed by atoms with van der Waals surface area (Å²) in [5, 5.41) is 4.16. The summed E-state index contributed by atoms with van der Waals surface area (Å²) in [7, 11) is -3.65. The highest BCUT2D eigenvalue weighted by Crippen LogP contribution is 2.23. The van der Waals surface area contributed by atoms with Crippen molar-refractivity contribution in [1.29, 1.82) is 0 Å². The lowest BCUT2D eigenvalue weighted by Gasteiger charge is -2.07. The molecule has 0 amide bonds. The van der Waals surface area contributed by atoms with Gasteiger partial charge in [0.25, 0.3) is 10.0 Å². The van der Waals surface area contributed by atoms with E-state index in [2.05, 4.69) is 9.88 Å². The van der Waals surface area contributed by atoms with Gasteiger partial charge in [-0.15, -0.1) is 0 Å². The maximum absolute atomic E-state index is 12.1. The molecule has 0 aliphatic rings. The second-order valence-electron chi connectivity index (χ2n) is 3.76. The summed E-state index contributed by atoms with van der Waals surface area (Å²) in [6.45, 7) is 3.30. The van der Waals surface area contributed by atoms with Gasteiger partial charge in [0, 0.05) is 5.02 Å². The van der Waals surface area contributed by atoms with E-state index in [1.165, 1.54) is 24.3 Å². The van der Waals surface area contributed by atoms with Crippen molar-refractivity contribution in [3.05, 3.63) is 40.7 Å². The minimum atomic E-state index is -3.65. The van der Waals surface area contributed by atoms with Crippen LogP contribution < -0.4 is 4.72 Å². The summed E-state index contributed by atoms with van der Waals surface area (Å²) in [5.74, 6) is 0.421. The van der Waals surface area contributed by atoms with E-state index in [1.807, 2.05) is 0 Å². The van der Waals surface area contributed by atoms with Gasteiger partial charge in [0.1, 0.15) is 11.4 Å². The predicted molar refractivity (Wildman–Crippen MR) is 68.2 cm³/mol. The lowest BCUT2D eigenvalue weighted by atomic mass is 10.3. The van der Waals surface area contributed by atoms with Crippen molar-refractivity contribution < 1.29 is 12.9 Å². The first-order valence-corrected chi connectivity index (χ1v) is 6.97. The van der Waals surface area contributed by atoms with Gasteiger partial charge in [-0.3, -0.25) is 4.72 Å². The highest BCUT2D eigenvalue weighted by Gasteiger charge is 2.19. The van der Waals surface area contributed by atoms with Crippen molar-refractivity contribution in [3.8, 4) is 0 Å². The average Bonchev–Trinajstić information content (AvgIpc) is 2.61. The van der Waals surface area contributed by atoms with E-state index < -0.39 is 10.0 Å². The number of benzene rings is 1. The number of rotatable bonds is 3. The number of hydrogen-bond acceptors (Lipinski definition) is 4. The van der Waals surface area contributed by atoms with E-state index in [9.17, 15) is 8.42 Å². The van der Waals surface area contributed by atoms with Gasteiger partial charge in [0.2, 0.25) is 0 Å². The summed E-state index contributed by atoms with van der Waals surface area (Å²) in [6, 6.07) is 5.90. The number of nitrogens with one attached hydrogen (secondary N) is 1. The number of aryl methyl sites for hydroxylation is 2. The van der Waals surface area contributed by atoms with E-state index in [0.29, 0.717) is 22.2 Å². The van der Waals surface area contributed by atoms with Gasteiger partial charge in [-0.2, -0.15) is 0 Å². The Balaban J connectivity index is 2.36. The molecular weight excluding hydrogens is 276 g/mol. The predicted octanol–water partition coefficient (Wildman–Crippen LogP) is 2.75. The Bertz CT molecular complexity index is 643. The molecular formula is C11H11ClN2O3S. The van der Waals surface area contributed by atoms with Crippen LogP contribution >= 0.6 is 11.6 Å². The molecule has 18 heavy (non-hydrogen) atoms. The fourth-order valence-corrected chi connectivity index (χ4v) is 2.73. The maximum Gasteiger partial charge on any atom is 0.262 e. The van der Waals surface area contributed by atoms with Gasteiger partial charge >= 0.3 is 0 Å². The number of halogens is 1. The van der Waals surface area contributed by atoms with Crippen LogP contribution in [0.5, 0.6) is 0 Å². The minimum Gasteiger partial charge on any atom is -0.359 e. The molecule has 1 heterocycles. The number of aromatic nitrogens is 1. The van der Waals surface area contributed by atoms with Gasteiger partial charge in [0.05, 0.1) is 4.90 Å². The first-order valence-electron chi connectivity index (χ1n) is 5.11. The van der Waals surface area contributed by atoms with Crippen molar-refractivity contribution in [2.75, 3.05) is 4.72 Å². The first-order chi connectivity index (χ1) is 8.40. The minimum absolute atomic E-state index is 0.131. The second kappa shape index (κ2) is 4.62. The fourth-order valence-electron chi connectivity index (χ4n) is 1.44. The molecule has 7 heteroatoms. The topological polar surface area (TPSA) is 72.2 Å². The Labute approximate surface area is 110 Å². The van der Waals surface area contributed by atoms with Gasteiger partial charge in [-0.25, -0.2) is 8.42 Å². The van der Waals surface area contributed by atoms with Gasteiger partial charge in [0.15, 0.2) is 5.76 Å². The molecule has 0 saturated heterocycles. The number of sulfonamides is 1. The Morgan fingerprint density at radius 3 is 2.33 bits per heavy atom. The average molecular weight is 287 g/mol. The largest absolute Gasteiger partial charge is 0.359 e. The van der Waals surface area contributed by atoms with Crippen LogP contribution in [0, 0.1) is 13.8 Å². The van der Waals surface area contributed by atoms with Gasteiger partial charge in [-0.05, 0) is 38.1 Å². The lowest BCUT2D eigenvalue weighted by Crippen LogP contribution is -2.13. The van der Waals surface area contributed by atoms with Crippen LogP contribution in [0.1, 0.15) is 11.5 Å². The Hall–Kier alpha value is -1.53. The van der Waals surface area contributed by atoms with E-state index in [1.54, 1.807) is 13.8 Å². The molecule has 96 valence electrons. The van der Waals surface area contributed by atoms with Crippen LogP contribution in [0.15, 0.2) is 33.7 Å². The summed E-state index contributed by atoms with van der Waals surface area (Å²) in [5.41, 5.74) is 0.856. The molecule has 0 unspecified atom stereocenters. The molecule has 0 spiro atoms. The number of hydrogen-bond donors (Lipinski definition) is 1. The van der Waals surface area contributed by atoms with Crippen molar-refractivity contribution in [2.24, 2.45) is 0 Å². The zero-order valence-electron chi connectivity index (χ0n) is 9.77. The normalized spacial score (nSPS) is 11.5. The summed E-state index contributed by atoms with van der Waals surface area (Å²) in [6.07, 6.45) is 0. The fraction of sp³-hybridized carbons (Fsp3) is 0.182. The molecule has 0 saturated carbocycles. The second-order valence-corrected chi connectivity index (χ2v) is 5.88. The molecule has 0 aliphatic carbocycles. The molecule has 1 aromatic carbocycles. The number of nitrogens with zero attached hydrogens (tertiary/aromatic N) is 1. The third-order valence-corrected chi connectivity index (χ3v) is 4.01. The molecule has 0 aliphatic heterocycles. The van der Waals surface area contributed by atoms with Crippen molar-refractivity contribution in [2.45, 2.75) is 18.7 Å². The van der Waals surface area contributed by atoms with Crippen molar-refractivity contribution in [1.82, 2.24) is 5.16 Å². The van der Waals surface area contributed by atoms with Gasteiger partial charge in [-0.1, -0.05) is 16.8 Å². The van der Waals surface area contributed by atoms with E-state index in [-0.39, 0.29) is 4.90 Å². The molecule has 5 nitrogen and oxygen atoms in total. The molecule has 2 aromatic rings. The summed E-state index contributed by atoms with van der Waals surface area (Å²) < 4.78 is 31.5. The Morgan fingerprint density at radius 2 is 1.83 bits per heavy atom. The van der Waals surface area contributed by atoms with Crippen LogP contribution in [-0.4, -0.2) is 13.6 Å². The monoisotopic (exact) mass is 286 g/mol. The molecule has 0 atom stereocenters. The highest BCUT2D eigenvalue weighted by atomic mass is 35.5. The third-order valence-electron chi connectivity index (χ3n) is 2.39. The van der Waals surface area contributed by atoms with Crippen molar-refractivity contribution >= 4 is 27.3 Å². The quantitative estimate of drug-likeness (QED) is 0.941. The zero-order valence-corrected chi connectivity index (χ0v) is 11.3. The lowest BCUT2D eigenvalue weighted by molar-refractivity contribution is 0.393. The Kier molecular flexibility index (Phi) is 3.32. The van der Waals surface area contributed by atoms with Crippen molar-refractivity contribution in [3.63, 3.8) is 0 Å². The highest BCUT2D eigenvalue weighted by molar-refractivity contribution is 7.92. The SMILES string of the molecule is Cc1noc(C)c1NS(=O)(=O)c1ccc(Cl)cc1. The third kappa shape index (κ3) is 2.49. The molecule has 0 radical (unpaired) electrons. The van der Waals surface area contributed by atoms with Crippen LogP contribution in [0.25, 0.3) is 0 Å². The summed E-state index contributed by atoms with van der Waals surface area (Å²) >= 11 is 5.71.